The molecule has 0 saturated carbocycles. The summed E-state index contributed by atoms with van der Waals surface area (Å²) in [5, 5.41) is 3.36. The minimum absolute atomic E-state index is 0.0554. The maximum Gasteiger partial charge on any atom is 0.273 e. The highest BCUT2D eigenvalue weighted by molar-refractivity contribution is 5.92. The lowest BCUT2D eigenvalue weighted by Gasteiger charge is -2.35. The van der Waals surface area contributed by atoms with Crippen LogP contribution in [0.4, 0.5) is 5.95 Å². The monoisotopic (exact) mass is 355 g/mol. The molecule has 4 heterocycles. The molecule has 1 amide bonds. The van der Waals surface area contributed by atoms with Gasteiger partial charge >= 0.3 is 0 Å². The Kier molecular flexibility index (Phi) is 4.83. The Balaban J connectivity index is 1.58. The molecular weight excluding hydrogens is 330 g/mol. The molecule has 8 heteroatoms. The number of anilines is 1. The van der Waals surface area contributed by atoms with Crippen LogP contribution < -0.4 is 10.2 Å². The van der Waals surface area contributed by atoms with Gasteiger partial charge in [0.25, 0.3) is 5.91 Å². The molecule has 8 nitrogen and oxygen atoms in total. The average molecular weight is 355 g/mol. The molecular formula is C18H25N7O. The van der Waals surface area contributed by atoms with Crippen LogP contribution in [0.15, 0.2) is 24.7 Å². The summed E-state index contributed by atoms with van der Waals surface area (Å²) in [6, 6.07) is 1.62. The SMILES string of the molecule is Cn1ccnc1C1CNCCN1C(=O)c1ccnc(N2CCCCC2)n1. The van der Waals surface area contributed by atoms with Gasteiger partial charge in [0.15, 0.2) is 0 Å². The van der Waals surface area contributed by atoms with Gasteiger partial charge in [-0.3, -0.25) is 4.79 Å². The van der Waals surface area contributed by atoms with Gasteiger partial charge in [-0.05, 0) is 25.3 Å². The number of carbonyl (C=O) groups excluding carboxylic acids is 1. The second-order valence-corrected chi connectivity index (χ2v) is 6.90. The van der Waals surface area contributed by atoms with Crippen molar-refractivity contribution in [3.8, 4) is 0 Å². The molecule has 26 heavy (non-hydrogen) atoms. The van der Waals surface area contributed by atoms with Crippen molar-refractivity contribution in [1.29, 1.82) is 0 Å². The topological polar surface area (TPSA) is 79.2 Å². The number of imidazole rings is 1. The second-order valence-electron chi connectivity index (χ2n) is 6.90. The zero-order valence-corrected chi connectivity index (χ0v) is 15.1. The third-order valence-electron chi connectivity index (χ3n) is 5.16. The lowest BCUT2D eigenvalue weighted by Crippen LogP contribution is -2.49. The first-order valence-electron chi connectivity index (χ1n) is 9.31. The Morgan fingerprint density at radius 1 is 1.15 bits per heavy atom. The minimum atomic E-state index is -0.0929. The Labute approximate surface area is 153 Å². The molecule has 0 aliphatic carbocycles. The van der Waals surface area contributed by atoms with Crippen LogP contribution in [-0.4, -0.2) is 63.0 Å². The molecule has 0 bridgehead atoms. The quantitative estimate of drug-likeness (QED) is 0.884. The minimum Gasteiger partial charge on any atom is -0.341 e. The highest BCUT2D eigenvalue weighted by atomic mass is 16.2. The Morgan fingerprint density at radius 2 is 2.00 bits per heavy atom. The van der Waals surface area contributed by atoms with E-state index in [0.717, 1.165) is 38.3 Å². The van der Waals surface area contributed by atoms with E-state index in [2.05, 4.69) is 25.2 Å². The molecule has 138 valence electrons. The number of amides is 1. The fourth-order valence-electron chi connectivity index (χ4n) is 3.74. The molecule has 0 aromatic carbocycles. The van der Waals surface area contributed by atoms with Crippen molar-refractivity contribution in [2.75, 3.05) is 37.6 Å². The van der Waals surface area contributed by atoms with Crippen molar-refractivity contribution in [3.63, 3.8) is 0 Å². The van der Waals surface area contributed by atoms with E-state index in [-0.39, 0.29) is 11.9 Å². The van der Waals surface area contributed by atoms with E-state index >= 15 is 0 Å². The van der Waals surface area contributed by atoms with Crippen LogP contribution in [0.5, 0.6) is 0 Å². The molecule has 4 rings (SSSR count). The number of hydrogen-bond acceptors (Lipinski definition) is 6. The van der Waals surface area contributed by atoms with Gasteiger partial charge in [0, 0.05) is 58.4 Å². The average Bonchev–Trinajstić information content (AvgIpc) is 3.14. The molecule has 1 atom stereocenters. The fraction of sp³-hybridized carbons (Fsp3) is 0.556. The van der Waals surface area contributed by atoms with Gasteiger partial charge in [-0.1, -0.05) is 0 Å². The summed E-state index contributed by atoms with van der Waals surface area (Å²) in [5.41, 5.74) is 0.460. The Bertz CT molecular complexity index is 768. The summed E-state index contributed by atoms with van der Waals surface area (Å²) in [7, 11) is 1.96. The normalized spacial score (nSPS) is 21.0. The van der Waals surface area contributed by atoms with Gasteiger partial charge in [0.05, 0.1) is 0 Å². The van der Waals surface area contributed by atoms with Gasteiger partial charge < -0.3 is 19.7 Å². The highest BCUT2D eigenvalue weighted by Crippen LogP contribution is 2.23. The van der Waals surface area contributed by atoms with Crippen molar-refractivity contribution in [2.45, 2.75) is 25.3 Å². The lowest BCUT2D eigenvalue weighted by atomic mass is 10.1. The first kappa shape index (κ1) is 17.0. The lowest BCUT2D eigenvalue weighted by molar-refractivity contribution is 0.0614. The van der Waals surface area contributed by atoms with Crippen LogP contribution in [0.2, 0.25) is 0 Å². The number of aromatic nitrogens is 4. The van der Waals surface area contributed by atoms with Crippen LogP contribution in [0.25, 0.3) is 0 Å². The number of rotatable bonds is 3. The second kappa shape index (κ2) is 7.41. The van der Waals surface area contributed by atoms with Gasteiger partial charge in [-0.2, -0.15) is 0 Å². The number of piperazine rings is 1. The fourth-order valence-corrected chi connectivity index (χ4v) is 3.74. The Hall–Kier alpha value is -2.48. The zero-order chi connectivity index (χ0) is 17.9. The van der Waals surface area contributed by atoms with Gasteiger partial charge in [0.2, 0.25) is 5.95 Å². The van der Waals surface area contributed by atoms with Crippen molar-refractivity contribution in [2.24, 2.45) is 7.05 Å². The van der Waals surface area contributed by atoms with Crippen LogP contribution in [0.3, 0.4) is 0 Å². The summed E-state index contributed by atoms with van der Waals surface area (Å²) < 4.78 is 1.97. The molecule has 2 fully saturated rings. The van der Waals surface area contributed by atoms with Crippen LogP contribution in [-0.2, 0) is 7.05 Å². The third-order valence-corrected chi connectivity index (χ3v) is 5.16. The number of piperidine rings is 1. The number of nitrogens with one attached hydrogen (secondary N) is 1. The van der Waals surface area contributed by atoms with Gasteiger partial charge in [-0.15, -0.1) is 0 Å². The van der Waals surface area contributed by atoms with E-state index in [0.29, 0.717) is 24.7 Å². The summed E-state index contributed by atoms with van der Waals surface area (Å²) in [6.45, 7) is 4.03. The summed E-state index contributed by atoms with van der Waals surface area (Å²) in [4.78, 5) is 30.7. The zero-order valence-electron chi connectivity index (χ0n) is 15.1. The van der Waals surface area contributed by atoms with Gasteiger partial charge in [0.1, 0.15) is 17.6 Å². The largest absolute Gasteiger partial charge is 0.341 e. The predicted molar refractivity (Wildman–Crippen MR) is 98.0 cm³/mol. The molecule has 2 saturated heterocycles. The number of aryl methyl sites for hydroxylation is 1. The molecule has 1 N–H and O–H groups in total. The summed E-state index contributed by atoms with van der Waals surface area (Å²) >= 11 is 0. The van der Waals surface area contributed by atoms with Crippen LogP contribution in [0.1, 0.15) is 41.6 Å². The molecule has 2 aliphatic heterocycles. The van der Waals surface area contributed by atoms with Crippen molar-refractivity contribution in [1.82, 2.24) is 29.7 Å². The first-order chi connectivity index (χ1) is 12.7. The van der Waals surface area contributed by atoms with E-state index in [1.54, 1.807) is 18.5 Å². The molecule has 1 unspecified atom stereocenters. The molecule has 2 aliphatic rings. The maximum absolute atomic E-state index is 13.2. The number of carbonyl (C=O) groups is 1. The van der Waals surface area contributed by atoms with Crippen molar-refractivity contribution in [3.05, 3.63) is 36.2 Å². The van der Waals surface area contributed by atoms with Crippen LogP contribution in [0, 0.1) is 0 Å². The molecule has 0 spiro atoms. The smallest absolute Gasteiger partial charge is 0.273 e. The van der Waals surface area contributed by atoms with E-state index in [1.165, 1.54) is 6.42 Å². The summed E-state index contributed by atoms with van der Waals surface area (Å²) in [5.74, 6) is 1.50. The number of hydrogen-bond donors (Lipinski definition) is 1. The van der Waals surface area contributed by atoms with Gasteiger partial charge in [-0.25, -0.2) is 15.0 Å². The third kappa shape index (κ3) is 3.29. The highest BCUT2D eigenvalue weighted by Gasteiger charge is 2.32. The van der Waals surface area contributed by atoms with Crippen molar-refractivity contribution < 1.29 is 4.79 Å². The molecule has 0 radical (unpaired) electrons. The van der Waals surface area contributed by atoms with E-state index in [9.17, 15) is 4.79 Å². The first-order valence-corrected chi connectivity index (χ1v) is 9.31. The predicted octanol–water partition coefficient (Wildman–Crippen LogP) is 0.987. The maximum atomic E-state index is 13.2. The molecule has 2 aromatic heterocycles. The van der Waals surface area contributed by atoms with E-state index in [1.807, 2.05) is 22.7 Å². The summed E-state index contributed by atoms with van der Waals surface area (Å²) in [6.07, 6.45) is 8.93. The Morgan fingerprint density at radius 3 is 2.77 bits per heavy atom. The van der Waals surface area contributed by atoms with E-state index in [4.69, 9.17) is 0 Å². The number of nitrogens with zero attached hydrogens (tertiary/aromatic N) is 6. The van der Waals surface area contributed by atoms with Crippen molar-refractivity contribution >= 4 is 11.9 Å². The standard InChI is InChI=1S/C18H25N7O/c1-23-11-8-20-16(23)15-13-19-7-12-25(15)17(26)14-5-6-21-18(22-14)24-9-3-2-4-10-24/h5-6,8,11,15,19H,2-4,7,9-10,12-13H2,1H3. The van der Waals surface area contributed by atoms with Crippen LogP contribution >= 0.6 is 0 Å². The van der Waals surface area contributed by atoms with E-state index < -0.39 is 0 Å². The molecule has 2 aromatic rings.